The number of nitrogens with zero attached hydrogens (tertiary/aromatic N) is 2. The number of aryl methyl sites for hydroxylation is 2. The summed E-state index contributed by atoms with van der Waals surface area (Å²) in [6.07, 6.45) is 0. The van der Waals surface area contributed by atoms with Gasteiger partial charge in [0, 0.05) is 13.7 Å². The summed E-state index contributed by atoms with van der Waals surface area (Å²) in [6.45, 7) is 8.85. The van der Waals surface area contributed by atoms with Crippen molar-refractivity contribution in [1.29, 1.82) is 0 Å². The first-order chi connectivity index (χ1) is 8.02. The van der Waals surface area contributed by atoms with Crippen LogP contribution in [0.2, 0.25) is 0 Å². The van der Waals surface area contributed by atoms with Crippen LogP contribution in [0.15, 0.2) is 4.47 Å². The normalized spacial score (nSPS) is 11.4. The largest absolute Gasteiger partial charge is 0.379 e. The highest BCUT2D eigenvalue weighted by Gasteiger charge is 2.10. The molecule has 0 aliphatic heterocycles. The number of aromatic nitrogens is 2. The van der Waals surface area contributed by atoms with Crippen LogP contribution in [0.4, 0.5) is 0 Å². The molecule has 98 valence electrons. The third-order valence-electron chi connectivity index (χ3n) is 2.32. The predicted octanol–water partition coefficient (Wildman–Crippen LogP) is 2.68. The van der Waals surface area contributed by atoms with E-state index in [0.717, 1.165) is 22.5 Å². The zero-order valence-corrected chi connectivity index (χ0v) is 12.6. The van der Waals surface area contributed by atoms with Crippen LogP contribution in [0, 0.1) is 12.8 Å². The van der Waals surface area contributed by atoms with E-state index in [4.69, 9.17) is 9.47 Å². The SMILES string of the molecule is Cc1nn(C)c(COCCOCC(C)C)c1Br. The highest BCUT2D eigenvalue weighted by molar-refractivity contribution is 9.10. The second-order valence-electron chi connectivity index (χ2n) is 4.49. The van der Waals surface area contributed by atoms with Crippen molar-refractivity contribution in [2.45, 2.75) is 27.4 Å². The Bertz CT molecular complexity index is 351. The molecule has 0 saturated heterocycles. The molecule has 1 aromatic heterocycles. The Morgan fingerprint density at radius 2 is 1.94 bits per heavy atom. The molecule has 5 heteroatoms. The molecule has 1 rings (SSSR count). The van der Waals surface area contributed by atoms with E-state index >= 15 is 0 Å². The van der Waals surface area contributed by atoms with E-state index in [9.17, 15) is 0 Å². The lowest BCUT2D eigenvalue weighted by molar-refractivity contribution is 0.0295. The molecule has 0 aromatic carbocycles. The van der Waals surface area contributed by atoms with Crippen LogP contribution in [-0.2, 0) is 23.1 Å². The van der Waals surface area contributed by atoms with Crippen LogP contribution in [-0.4, -0.2) is 29.6 Å². The van der Waals surface area contributed by atoms with E-state index in [1.54, 1.807) is 0 Å². The van der Waals surface area contributed by atoms with Gasteiger partial charge in [-0.05, 0) is 28.8 Å². The molecule has 0 saturated carbocycles. The minimum absolute atomic E-state index is 0.558. The van der Waals surface area contributed by atoms with Crippen LogP contribution in [0.1, 0.15) is 25.2 Å². The second-order valence-corrected chi connectivity index (χ2v) is 5.28. The molecule has 0 N–H and O–H groups in total. The fraction of sp³-hybridized carbons (Fsp3) is 0.750. The fourth-order valence-electron chi connectivity index (χ4n) is 1.44. The van der Waals surface area contributed by atoms with Crippen LogP contribution in [0.25, 0.3) is 0 Å². The highest BCUT2D eigenvalue weighted by atomic mass is 79.9. The first-order valence-electron chi connectivity index (χ1n) is 5.85. The summed E-state index contributed by atoms with van der Waals surface area (Å²) in [5.74, 6) is 0.573. The molecule has 4 nitrogen and oxygen atoms in total. The number of hydrogen-bond donors (Lipinski definition) is 0. The van der Waals surface area contributed by atoms with Gasteiger partial charge in [-0.25, -0.2) is 0 Å². The molecule has 0 fully saturated rings. The minimum Gasteiger partial charge on any atom is -0.379 e. The van der Waals surface area contributed by atoms with E-state index in [1.165, 1.54) is 0 Å². The molecule has 1 heterocycles. The van der Waals surface area contributed by atoms with Gasteiger partial charge in [0.2, 0.25) is 0 Å². The zero-order valence-electron chi connectivity index (χ0n) is 11.0. The van der Waals surface area contributed by atoms with E-state index in [2.05, 4.69) is 34.9 Å². The van der Waals surface area contributed by atoms with Crippen LogP contribution in [0.3, 0.4) is 0 Å². The molecular formula is C12H21BrN2O2. The first-order valence-corrected chi connectivity index (χ1v) is 6.65. The molecule has 0 unspecified atom stereocenters. The third kappa shape index (κ3) is 4.77. The summed E-state index contributed by atoms with van der Waals surface area (Å²) in [5, 5.41) is 4.31. The van der Waals surface area contributed by atoms with Gasteiger partial charge in [0.15, 0.2) is 0 Å². The summed E-state index contributed by atoms with van der Waals surface area (Å²) < 4.78 is 13.9. The van der Waals surface area contributed by atoms with Crippen molar-refractivity contribution in [3.05, 3.63) is 15.9 Å². The van der Waals surface area contributed by atoms with Crippen molar-refractivity contribution in [2.24, 2.45) is 13.0 Å². The lowest BCUT2D eigenvalue weighted by Crippen LogP contribution is -2.09. The average molecular weight is 305 g/mol. The molecule has 0 atom stereocenters. The van der Waals surface area contributed by atoms with Gasteiger partial charge in [-0.1, -0.05) is 13.8 Å². The quantitative estimate of drug-likeness (QED) is 0.727. The fourth-order valence-corrected chi connectivity index (χ4v) is 1.89. The van der Waals surface area contributed by atoms with Gasteiger partial charge >= 0.3 is 0 Å². The molecule has 17 heavy (non-hydrogen) atoms. The summed E-state index contributed by atoms with van der Waals surface area (Å²) in [5.41, 5.74) is 2.05. The first kappa shape index (κ1) is 14.7. The monoisotopic (exact) mass is 304 g/mol. The van der Waals surface area contributed by atoms with Gasteiger partial charge in [-0.2, -0.15) is 5.10 Å². The standard InChI is InChI=1S/C12H21BrN2O2/c1-9(2)7-16-5-6-17-8-11-12(13)10(3)14-15(11)4/h9H,5-8H2,1-4H3. The van der Waals surface area contributed by atoms with Crippen molar-refractivity contribution in [2.75, 3.05) is 19.8 Å². The van der Waals surface area contributed by atoms with Crippen molar-refractivity contribution in [1.82, 2.24) is 9.78 Å². The van der Waals surface area contributed by atoms with Crippen molar-refractivity contribution in [3.8, 4) is 0 Å². The summed E-state index contributed by atoms with van der Waals surface area (Å²) in [4.78, 5) is 0. The Labute approximate surface area is 111 Å². The Balaban J connectivity index is 2.22. The lowest BCUT2D eigenvalue weighted by atomic mass is 10.2. The molecular weight excluding hydrogens is 284 g/mol. The van der Waals surface area contributed by atoms with Crippen LogP contribution in [0.5, 0.6) is 0 Å². The molecule has 0 spiro atoms. The molecule has 1 aromatic rings. The maximum atomic E-state index is 5.56. The second kappa shape index (κ2) is 7.13. The number of rotatable bonds is 7. The minimum atomic E-state index is 0.558. The van der Waals surface area contributed by atoms with Crippen LogP contribution < -0.4 is 0 Å². The summed E-state index contributed by atoms with van der Waals surface area (Å²) in [6, 6.07) is 0. The smallest absolute Gasteiger partial charge is 0.0897 e. The predicted molar refractivity (Wildman–Crippen MR) is 71.0 cm³/mol. The maximum Gasteiger partial charge on any atom is 0.0897 e. The van der Waals surface area contributed by atoms with Gasteiger partial charge in [0.1, 0.15) is 0 Å². The van der Waals surface area contributed by atoms with Crippen molar-refractivity contribution in [3.63, 3.8) is 0 Å². The zero-order chi connectivity index (χ0) is 12.8. The summed E-state index contributed by atoms with van der Waals surface area (Å²) >= 11 is 3.51. The number of ether oxygens (including phenoxy) is 2. The van der Waals surface area contributed by atoms with E-state index in [-0.39, 0.29) is 0 Å². The number of halogens is 1. The Hall–Kier alpha value is -0.390. The van der Waals surface area contributed by atoms with Gasteiger partial charge in [0.05, 0.1) is 35.7 Å². The molecule has 0 aliphatic carbocycles. The number of hydrogen-bond acceptors (Lipinski definition) is 3. The Kier molecular flexibility index (Phi) is 6.16. The Morgan fingerprint density at radius 1 is 1.29 bits per heavy atom. The van der Waals surface area contributed by atoms with Crippen molar-refractivity contribution < 1.29 is 9.47 Å². The highest BCUT2D eigenvalue weighted by Crippen LogP contribution is 2.20. The van der Waals surface area contributed by atoms with E-state index in [1.807, 2.05) is 18.7 Å². The Morgan fingerprint density at radius 3 is 2.47 bits per heavy atom. The summed E-state index contributed by atoms with van der Waals surface area (Å²) in [7, 11) is 1.92. The van der Waals surface area contributed by atoms with Crippen molar-refractivity contribution >= 4 is 15.9 Å². The molecule has 0 radical (unpaired) electrons. The topological polar surface area (TPSA) is 36.3 Å². The maximum absolute atomic E-state index is 5.56. The van der Waals surface area contributed by atoms with Gasteiger partial charge in [-0.15, -0.1) is 0 Å². The lowest BCUT2D eigenvalue weighted by Gasteiger charge is -2.08. The van der Waals surface area contributed by atoms with Gasteiger partial charge in [-0.3, -0.25) is 4.68 Å². The van der Waals surface area contributed by atoms with Gasteiger partial charge in [0.25, 0.3) is 0 Å². The van der Waals surface area contributed by atoms with Crippen LogP contribution >= 0.6 is 15.9 Å². The molecule has 0 aliphatic rings. The molecule has 0 bridgehead atoms. The third-order valence-corrected chi connectivity index (χ3v) is 3.36. The van der Waals surface area contributed by atoms with Gasteiger partial charge < -0.3 is 9.47 Å². The molecule has 0 amide bonds. The average Bonchev–Trinajstić information content (AvgIpc) is 2.48. The van der Waals surface area contributed by atoms with E-state index in [0.29, 0.717) is 25.7 Å². The van der Waals surface area contributed by atoms with E-state index < -0.39 is 0 Å².